The Bertz CT molecular complexity index is 665. The third-order valence-corrected chi connectivity index (χ3v) is 5.06. The van der Waals surface area contributed by atoms with E-state index in [4.69, 9.17) is 4.74 Å². The molecule has 1 N–H and O–H groups in total. The van der Waals surface area contributed by atoms with Gasteiger partial charge < -0.3 is 9.84 Å². The number of aliphatic hydroxyl groups is 1. The number of likely N-dealkylation sites (N-methyl/N-ethyl adjacent to an activating group) is 1. The van der Waals surface area contributed by atoms with Crippen molar-refractivity contribution in [2.45, 2.75) is 23.2 Å². The molecule has 0 saturated heterocycles. The number of aromatic nitrogens is 2. The maximum Gasteiger partial charge on any atom is 0.416 e. The van der Waals surface area contributed by atoms with Crippen LogP contribution in [0.1, 0.15) is 10.6 Å². The number of alkyl halides is 3. The van der Waals surface area contributed by atoms with E-state index in [-0.39, 0.29) is 12.4 Å². The number of aliphatic hydroxyl groups excluding tert-OH is 1. The topological polar surface area (TPSA) is 58.5 Å². The first-order valence-corrected chi connectivity index (χ1v) is 9.35. The highest BCUT2D eigenvalue weighted by Gasteiger charge is 2.30. The van der Waals surface area contributed by atoms with Crippen molar-refractivity contribution in [3.05, 3.63) is 34.8 Å². The summed E-state index contributed by atoms with van der Waals surface area (Å²) in [6.07, 6.45) is -3.22. The van der Waals surface area contributed by atoms with E-state index >= 15 is 0 Å². The van der Waals surface area contributed by atoms with Crippen LogP contribution in [-0.4, -0.2) is 52.8 Å². The molecule has 1 heterocycles. The first-order valence-electron chi connectivity index (χ1n) is 7.31. The van der Waals surface area contributed by atoms with Gasteiger partial charge in [0.25, 0.3) is 0 Å². The lowest BCUT2D eigenvalue weighted by Gasteiger charge is -2.19. The van der Waals surface area contributed by atoms with E-state index in [0.717, 1.165) is 21.5 Å². The number of rotatable bonds is 8. The molecule has 10 heteroatoms. The molecule has 5 nitrogen and oxygen atoms in total. The molecule has 1 aromatic carbocycles. The van der Waals surface area contributed by atoms with Crippen molar-refractivity contribution < 1.29 is 23.0 Å². The maximum absolute atomic E-state index is 12.5. The highest BCUT2D eigenvalue weighted by molar-refractivity contribution is 8.00. The van der Waals surface area contributed by atoms with Crippen molar-refractivity contribution in [1.82, 2.24) is 15.1 Å². The summed E-state index contributed by atoms with van der Waals surface area (Å²) in [5, 5.41) is 18.9. The van der Waals surface area contributed by atoms with Crippen LogP contribution in [-0.2, 0) is 12.7 Å². The van der Waals surface area contributed by atoms with Crippen LogP contribution in [0.2, 0.25) is 0 Å². The Morgan fingerprint density at radius 2 is 1.96 bits per heavy atom. The van der Waals surface area contributed by atoms with Crippen LogP contribution in [0.3, 0.4) is 0 Å². The summed E-state index contributed by atoms with van der Waals surface area (Å²) < 4.78 is 43.7. The summed E-state index contributed by atoms with van der Waals surface area (Å²) in [5.74, 6) is 0.281. The Labute approximate surface area is 151 Å². The van der Waals surface area contributed by atoms with Gasteiger partial charge in [0.2, 0.25) is 0 Å². The number of halogens is 3. The van der Waals surface area contributed by atoms with Crippen LogP contribution < -0.4 is 4.74 Å². The zero-order valence-corrected chi connectivity index (χ0v) is 15.3. The number of hydrogen-bond acceptors (Lipinski definition) is 7. The summed E-state index contributed by atoms with van der Waals surface area (Å²) in [5.41, 5.74) is -0.734. The van der Waals surface area contributed by atoms with Crippen LogP contribution >= 0.6 is 23.1 Å². The minimum atomic E-state index is -4.37. The number of nitrogens with zero attached hydrogens (tertiary/aromatic N) is 3. The molecule has 0 fully saturated rings. The lowest BCUT2D eigenvalue weighted by molar-refractivity contribution is -0.137. The van der Waals surface area contributed by atoms with Crippen molar-refractivity contribution in [2.75, 3.05) is 26.5 Å². The van der Waals surface area contributed by atoms with E-state index in [1.54, 1.807) is 0 Å². The largest absolute Gasteiger partial charge is 0.491 e. The zero-order chi connectivity index (χ0) is 18.4. The Kier molecular flexibility index (Phi) is 7.05. The Balaban J connectivity index is 1.76. The molecular weight excluding hydrogens is 375 g/mol. The van der Waals surface area contributed by atoms with Crippen LogP contribution in [0.15, 0.2) is 28.6 Å². The number of ether oxygens (including phenoxy) is 1. The van der Waals surface area contributed by atoms with Gasteiger partial charge in [0.05, 0.1) is 12.1 Å². The van der Waals surface area contributed by atoms with E-state index in [1.807, 2.05) is 18.2 Å². The van der Waals surface area contributed by atoms with Gasteiger partial charge in [-0.15, -0.1) is 10.2 Å². The van der Waals surface area contributed by atoms with Gasteiger partial charge in [-0.25, -0.2) is 0 Å². The fraction of sp³-hybridized carbons (Fsp3) is 0.467. The van der Waals surface area contributed by atoms with E-state index < -0.39 is 17.8 Å². The zero-order valence-electron chi connectivity index (χ0n) is 13.7. The molecule has 1 aromatic heterocycles. The summed E-state index contributed by atoms with van der Waals surface area (Å²) >= 11 is 3.02. The first kappa shape index (κ1) is 20.0. The highest BCUT2D eigenvalue weighted by Crippen LogP contribution is 2.30. The van der Waals surface area contributed by atoms with Gasteiger partial charge >= 0.3 is 6.18 Å². The van der Waals surface area contributed by atoms with Crippen molar-refractivity contribution >= 4 is 23.1 Å². The van der Waals surface area contributed by atoms with Gasteiger partial charge in [0, 0.05) is 6.54 Å². The minimum Gasteiger partial charge on any atom is -0.491 e. The van der Waals surface area contributed by atoms with Crippen LogP contribution in [0.5, 0.6) is 5.75 Å². The molecule has 138 valence electrons. The average Bonchev–Trinajstić information content (AvgIpc) is 3.00. The van der Waals surface area contributed by atoms with Crippen molar-refractivity contribution in [3.8, 4) is 5.75 Å². The third-order valence-electron chi connectivity index (χ3n) is 3.17. The van der Waals surface area contributed by atoms with E-state index in [1.165, 1.54) is 35.2 Å². The molecule has 2 aromatic rings. The average molecular weight is 393 g/mol. The molecule has 0 unspecified atom stereocenters. The molecule has 25 heavy (non-hydrogen) atoms. The second kappa shape index (κ2) is 8.84. The second-order valence-electron chi connectivity index (χ2n) is 5.35. The van der Waals surface area contributed by atoms with E-state index in [0.29, 0.717) is 13.1 Å². The monoisotopic (exact) mass is 393 g/mol. The Morgan fingerprint density at radius 3 is 2.52 bits per heavy atom. The van der Waals surface area contributed by atoms with Gasteiger partial charge in [0.1, 0.15) is 23.5 Å². The first-order chi connectivity index (χ1) is 11.8. The molecule has 0 aliphatic heterocycles. The molecule has 0 radical (unpaired) electrons. The second-order valence-corrected chi connectivity index (χ2v) is 7.46. The lowest BCUT2D eigenvalue weighted by Crippen LogP contribution is -2.32. The molecule has 0 aliphatic rings. The van der Waals surface area contributed by atoms with Gasteiger partial charge in [-0.2, -0.15) is 13.2 Å². The van der Waals surface area contributed by atoms with Gasteiger partial charge in [-0.05, 0) is 37.6 Å². The minimum absolute atomic E-state index is 0.0120. The molecule has 0 spiro atoms. The molecular formula is C15H18F3N3O2S2. The lowest BCUT2D eigenvalue weighted by atomic mass is 10.2. The quantitative estimate of drug-likeness (QED) is 0.696. The van der Waals surface area contributed by atoms with Gasteiger partial charge in [0.15, 0.2) is 4.34 Å². The molecule has 0 saturated carbocycles. The fourth-order valence-electron chi connectivity index (χ4n) is 2.03. The fourth-order valence-corrected chi connectivity index (χ4v) is 3.42. The Morgan fingerprint density at radius 1 is 1.28 bits per heavy atom. The summed E-state index contributed by atoms with van der Waals surface area (Å²) in [4.78, 5) is 1.88. The van der Waals surface area contributed by atoms with Gasteiger partial charge in [-0.3, -0.25) is 4.90 Å². The number of benzene rings is 1. The van der Waals surface area contributed by atoms with E-state index in [2.05, 4.69) is 10.2 Å². The molecule has 0 amide bonds. The smallest absolute Gasteiger partial charge is 0.416 e. The van der Waals surface area contributed by atoms with Crippen molar-refractivity contribution in [3.63, 3.8) is 0 Å². The maximum atomic E-state index is 12.5. The number of hydrogen-bond donors (Lipinski definition) is 1. The molecule has 2 rings (SSSR count). The molecule has 1 atom stereocenters. The highest BCUT2D eigenvalue weighted by atomic mass is 32.2. The van der Waals surface area contributed by atoms with Gasteiger partial charge in [-0.1, -0.05) is 23.1 Å². The third kappa shape index (κ3) is 6.46. The number of thioether (sulfide) groups is 1. The summed E-state index contributed by atoms with van der Waals surface area (Å²) in [7, 11) is 1.83. The van der Waals surface area contributed by atoms with Crippen LogP contribution in [0.25, 0.3) is 0 Å². The standard InChI is InChI=1S/C15H18F3N3O2S2/c1-21(8-13-19-20-14(24-2)25-13)7-11(22)9-23-12-5-3-10(4-6-12)15(16,17)18/h3-6,11,22H,7-9H2,1-2H3/t11-/m0/s1. The van der Waals surface area contributed by atoms with Crippen LogP contribution in [0, 0.1) is 0 Å². The van der Waals surface area contributed by atoms with E-state index in [9.17, 15) is 18.3 Å². The molecule has 0 bridgehead atoms. The van der Waals surface area contributed by atoms with Crippen LogP contribution in [0.4, 0.5) is 13.2 Å². The predicted octanol–water partition coefficient (Wildman–Crippen LogP) is 3.15. The summed E-state index contributed by atoms with van der Waals surface area (Å²) in [6, 6.07) is 4.38. The Hall–Kier alpha value is -1.36. The predicted molar refractivity (Wildman–Crippen MR) is 91.0 cm³/mol. The SMILES string of the molecule is CSc1nnc(CN(C)C[C@H](O)COc2ccc(C(F)(F)F)cc2)s1. The molecule has 0 aliphatic carbocycles. The normalized spacial score (nSPS) is 13.2. The van der Waals surface area contributed by atoms with Crippen molar-refractivity contribution in [2.24, 2.45) is 0 Å². The van der Waals surface area contributed by atoms with Crippen molar-refractivity contribution in [1.29, 1.82) is 0 Å². The summed E-state index contributed by atoms with van der Waals surface area (Å²) in [6.45, 7) is 0.881.